The predicted octanol–water partition coefficient (Wildman–Crippen LogP) is 13.1. The Bertz CT molecular complexity index is 2560. The maximum atomic E-state index is 6.19. The van der Waals surface area contributed by atoms with Crippen LogP contribution in [0.3, 0.4) is 0 Å². The molecule has 0 atom stereocenters. The molecule has 0 unspecified atom stereocenters. The van der Waals surface area contributed by atoms with Gasteiger partial charge in [0.15, 0.2) is 5.58 Å². The van der Waals surface area contributed by atoms with Gasteiger partial charge in [-0.3, -0.25) is 0 Å². The van der Waals surface area contributed by atoms with Gasteiger partial charge < -0.3 is 9.32 Å². The van der Waals surface area contributed by atoms with E-state index in [9.17, 15) is 0 Å². The van der Waals surface area contributed by atoms with Crippen LogP contribution in [-0.4, -0.2) is 4.98 Å². The normalized spacial score (nSPS) is 11.2. The van der Waals surface area contributed by atoms with Crippen LogP contribution in [-0.2, 0) is 0 Å². The van der Waals surface area contributed by atoms with Gasteiger partial charge in [0.1, 0.15) is 5.52 Å². The minimum Gasteiger partial charge on any atom is -0.436 e. The molecule has 9 aromatic rings. The second-order valence-electron chi connectivity index (χ2n) is 12.4. The smallest absolute Gasteiger partial charge is 0.227 e. The van der Waals surface area contributed by atoms with Crippen LogP contribution in [0.5, 0.6) is 0 Å². The summed E-state index contributed by atoms with van der Waals surface area (Å²) in [5, 5.41) is 2.21. The van der Waals surface area contributed by atoms with E-state index in [2.05, 4.69) is 163 Å². The minimum atomic E-state index is 0.635. The Morgan fingerprint density at radius 2 is 0.900 bits per heavy atom. The van der Waals surface area contributed by atoms with Crippen molar-refractivity contribution in [3.05, 3.63) is 194 Å². The second-order valence-corrected chi connectivity index (χ2v) is 12.4. The van der Waals surface area contributed by atoms with E-state index in [1.807, 2.05) is 36.4 Å². The molecule has 0 amide bonds. The molecule has 0 aliphatic rings. The molecule has 0 radical (unpaired) electrons. The third-order valence-electron chi connectivity index (χ3n) is 9.32. The van der Waals surface area contributed by atoms with E-state index in [1.54, 1.807) is 0 Å². The molecule has 3 nitrogen and oxygen atoms in total. The lowest BCUT2D eigenvalue weighted by atomic mass is 9.99. The van der Waals surface area contributed by atoms with Crippen molar-refractivity contribution >= 4 is 38.9 Å². The molecular formula is C47H32N2O. The number of para-hydroxylation sites is 1. The lowest BCUT2D eigenvalue weighted by molar-refractivity contribution is 0.620. The molecule has 9 rings (SSSR count). The molecule has 236 valence electrons. The Morgan fingerprint density at radius 1 is 0.400 bits per heavy atom. The zero-order chi connectivity index (χ0) is 33.3. The number of hydrogen-bond acceptors (Lipinski definition) is 3. The molecule has 1 heterocycles. The van der Waals surface area contributed by atoms with Gasteiger partial charge in [-0.25, -0.2) is 4.98 Å². The number of anilines is 3. The topological polar surface area (TPSA) is 29.3 Å². The van der Waals surface area contributed by atoms with Gasteiger partial charge in [0.2, 0.25) is 5.89 Å². The highest BCUT2D eigenvalue weighted by Gasteiger charge is 2.18. The molecule has 3 heteroatoms. The van der Waals surface area contributed by atoms with Gasteiger partial charge in [0.05, 0.1) is 5.69 Å². The summed E-state index contributed by atoms with van der Waals surface area (Å²) in [6, 6.07) is 68.2. The van der Waals surface area contributed by atoms with Crippen LogP contribution in [0, 0.1) is 0 Å². The summed E-state index contributed by atoms with van der Waals surface area (Å²) in [5.41, 5.74) is 12.9. The molecule has 0 saturated heterocycles. The van der Waals surface area contributed by atoms with E-state index >= 15 is 0 Å². The lowest BCUT2D eigenvalue weighted by Gasteiger charge is -2.28. The minimum absolute atomic E-state index is 0.635. The van der Waals surface area contributed by atoms with Crippen molar-refractivity contribution in [1.29, 1.82) is 0 Å². The van der Waals surface area contributed by atoms with E-state index in [0.29, 0.717) is 5.89 Å². The van der Waals surface area contributed by atoms with Crippen LogP contribution in [0.4, 0.5) is 17.1 Å². The van der Waals surface area contributed by atoms with E-state index in [1.165, 1.54) is 22.3 Å². The van der Waals surface area contributed by atoms with Gasteiger partial charge in [-0.1, -0.05) is 140 Å². The average Bonchev–Trinajstić information content (AvgIpc) is 3.65. The Morgan fingerprint density at radius 3 is 1.56 bits per heavy atom. The van der Waals surface area contributed by atoms with Crippen LogP contribution >= 0.6 is 0 Å². The predicted molar refractivity (Wildman–Crippen MR) is 208 cm³/mol. The molecule has 0 bridgehead atoms. The monoisotopic (exact) mass is 640 g/mol. The molecule has 0 aliphatic heterocycles. The Balaban J connectivity index is 1.12. The number of aromatic nitrogens is 1. The SMILES string of the molecule is c1ccc(-c2ccc(N(c3ccc(-c4ccc5ccc6oc(-c7ccccc7)nc6c5c4)cc3)c3ccccc3-c3ccccc3)cc2)cc1. The van der Waals surface area contributed by atoms with Gasteiger partial charge >= 0.3 is 0 Å². The van der Waals surface area contributed by atoms with Crippen molar-refractivity contribution < 1.29 is 4.42 Å². The van der Waals surface area contributed by atoms with Crippen LogP contribution in [0.25, 0.3) is 66.7 Å². The van der Waals surface area contributed by atoms with E-state index in [4.69, 9.17) is 9.40 Å². The summed E-state index contributed by atoms with van der Waals surface area (Å²) in [5.74, 6) is 0.635. The summed E-state index contributed by atoms with van der Waals surface area (Å²) in [6.07, 6.45) is 0. The van der Waals surface area contributed by atoms with Gasteiger partial charge in [0.25, 0.3) is 0 Å². The molecule has 50 heavy (non-hydrogen) atoms. The maximum absolute atomic E-state index is 6.19. The highest BCUT2D eigenvalue weighted by atomic mass is 16.3. The summed E-state index contributed by atoms with van der Waals surface area (Å²) in [7, 11) is 0. The molecule has 8 aromatic carbocycles. The summed E-state index contributed by atoms with van der Waals surface area (Å²) in [4.78, 5) is 7.29. The highest BCUT2D eigenvalue weighted by Crippen LogP contribution is 2.42. The number of nitrogens with zero attached hydrogens (tertiary/aromatic N) is 2. The summed E-state index contributed by atoms with van der Waals surface area (Å²) >= 11 is 0. The molecule has 1 aromatic heterocycles. The zero-order valence-electron chi connectivity index (χ0n) is 27.3. The van der Waals surface area contributed by atoms with Crippen molar-refractivity contribution in [2.24, 2.45) is 0 Å². The first-order chi connectivity index (χ1) is 24.8. The summed E-state index contributed by atoms with van der Waals surface area (Å²) in [6.45, 7) is 0. The maximum Gasteiger partial charge on any atom is 0.227 e. The van der Waals surface area contributed by atoms with Crippen LogP contribution in [0.1, 0.15) is 0 Å². The second kappa shape index (κ2) is 12.7. The first-order valence-corrected chi connectivity index (χ1v) is 16.9. The first-order valence-electron chi connectivity index (χ1n) is 16.9. The Kier molecular flexibility index (Phi) is 7.49. The highest BCUT2D eigenvalue weighted by molar-refractivity contribution is 6.05. The van der Waals surface area contributed by atoms with E-state index in [0.717, 1.165) is 55.6 Å². The van der Waals surface area contributed by atoms with Gasteiger partial charge in [-0.15, -0.1) is 0 Å². The number of oxazole rings is 1. The Hall–Kier alpha value is -6.71. The third-order valence-corrected chi connectivity index (χ3v) is 9.32. The fourth-order valence-electron chi connectivity index (χ4n) is 6.79. The zero-order valence-corrected chi connectivity index (χ0v) is 27.3. The van der Waals surface area contributed by atoms with Crippen LogP contribution in [0.2, 0.25) is 0 Å². The number of hydrogen-bond donors (Lipinski definition) is 0. The third kappa shape index (κ3) is 5.51. The summed E-state index contributed by atoms with van der Waals surface area (Å²) < 4.78 is 6.19. The van der Waals surface area contributed by atoms with Crippen molar-refractivity contribution in [2.75, 3.05) is 4.90 Å². The van der Waals surface area contributed by atoms with Gasteiger partial charge in [-0.2, -0.15) is 0 Å². The largest absolute Gasteiger partial charge is 0.436 e. The number of fused-ring (bicyclic) bond motifs is 3. The average molecular weight is 641 g/mol. The first kappa shape index (κ1) is 29.4. The van der Waals surface area contributed by atoms with Gasteiger partial charge in [-0.05, 0) is 87.8 Å². The molecule has 0 aliphatic carbocycles. The van der Waals surface area contributed by atoms with Crippen molar-refractivity contribution in [1.82, 2.24) is 4.98 Å². The van der Waals surface area contributed by atoms with E-state index in [-0.39, 0.29) is 0 Å². The number of rotatable bonds is 7. The molecule has 0 fully saturated rings. The molecule has 0 spiro atoms. The van der Waals surface area contributed by atoms with Crippen molar-refractivity contribution in [2.45, 2.75) is 0 Å². The quantitative estimate of drug-likeness (QED) is 0.174. The van der Waals surface area contributed by atoms with E-state index < -0.39 is 0 Å². The molecule has 0 saturated carbocycles. The fraction of sp³-hybridized carbons (Fsp3) is 0. The number of benzene rings is 8. The van der Waals surface area contributed by atoms with Crippen LogP contribution in [0.15, 0.2) is 199 Å². The van der Waals surface area contributed by atoms with Gasteiger partial charge in [0, 0.05) is 27.9 Å². The molecule has 0 N–H and O–H groups in total. The molecular weight excluding hydrogens is 609 g/mol. The van der Waals surface area contributed by atoms with Crippen molar-refractivity contribution in [3.63, 3.8) is 0 Å². The van der Waals surface area contributed by atoms with Crippen molar-refractivity contribution in [3.8, 4) is 44.8 Å². The fourth-order valence-corrected chi connectivity index (χ4v) is 6.79. The lowest BCUT2D eigenvalue weighted by Crippen LogP contribution is -2.11. The van der Waals surface area contributed by atoms with Crippen LogP contribution < -0.4 is 4.90 Å². The standard InChI is InChI=1S/C47H32N2O/c1-4-12-33(13-5-1)34-22-27-40(28-23-34)49(44-19-11-10-18-42(44)36-14-6-2-7-15-36)41-29-24-35(25-30-41)39-21-20-37-26-31-45-46(43(37)32-39)48-47(50-45)38-16-8-3-9-17-38/h1-32H. The Labute approximate surface area is 291 Å².